The van der Waals surface area contributed by atoms with Crippen LogP contribution in [0.15, 0.2) is 17.5 Å². The van der Waals surface area contributed by atoms with Crippen LogP contribution in [-0.2, 0) is 6.54 Å². The number of amides is 2. The summed E-state index contributed by atoms with van der Waals surface area (Å²) in [5, 5.41) is 4.86. The van der Waals surface area contributed by atoms with E-state index in [0.29, 0.717) is 6.54 Å². The van der Waals surface area contributed by atoms with Crippen molar-refractivity contribution < 1.29 is 4.79 Å². The predicted molar refractivity (Wildman–Crippen MR) is 59.5 cm³/mol. The van der Waals surface area contributed by atoms with Crippen molar-refractivity contribution in [3.63, 3.8) is 0 Å². The van der Waals surface area contributed by atoms with Crippen LogP contribution in [0.2, 0.25) is 0 Å². The zero-order valence-corrected chi connectivity index (χ0v) is 9.60. The summed E-state index contributed by atoms with van der Waals surface area (Å²) >= 11 is 1.67. The van der Waals surface area contributed by atoms with E-state index in [1.165, 1.54) is 4.88 Å². The Kier molecular flexibility index (Phi) is 3.95. The van der Waals surface area contributed by atoms with Gasteiger partial charge in [0.05, 0.1) is 6.54 Å². The minimum absolute atomic E-state index is 0.0200. The second-order valence-electron chi connectivity index (χ2n) is 3.54. The minimum atomic E-state index is -0.0200. The molecule has 0 aliphatic rings. The molecule has 14 heavy (non-hydrogen) atoms. The highest BCUT2D eigenvalue weighted by Gasteiger charge is 2.09. The molecule has 0 spiro atoms. The van der Waals surface area contributed by atoms with E-state index < -0.39 is 0 Å². The van der Waals surface area contributed by atoms with Gasteiger partial charge in [0.2, 0.25) is 0 Å². The highest BCUT2D eigenvalue weighted by atomic mass is 32.1. The van der Waals surface area contributed by atoms with Gasteiger partial charge in [0, 0.05) is 18.0 Å². The van der Waals surface area contributed by atoms with E-state index in [1.807, 2.05) is 31.4 Å². The molecule has 1 rings (SSSR count). The van der Waals surface area contributed by atoms with Crippen molar-refractivity contribution in [1.29, 1.82) is 0 Å². The van der Waals surface area contributed by atoms with E-state index in [4.69, 9.17) is 0 Å². The average molecular weight is 212 g/mol. The van der Waals surface area contributed by atoms with E-state index in [1.54, 1.807) is 23.3 Å². The zero-order valence-electron chi connectivity index (χ0n) is 8.78. The van der Waals surface area contributed by atoms with Gasteiger partial charge in [0.1, 0.15) is 0 Å². The van der Waals surface area contributed by atoms with Crippen LogP contribution in [-0.4, -0.2) is 24.0 Å². The summed E-state index contributed by atoms with van der Waals surface area (Å²) in [4.78, 5) is 14.4. The van der Waals surface area contributed by atoms with Gasteiger partial charge in [0.15, 0.2) is 0 Å². The quantitative estimate of drug-likeness (QED) is 0.819. The third-order valence-electron chi connectivity index (χ3n) is 1.73. The highest BCUT2D eigenvalue weighted by molar-refractivity contribution is 7.09. The van der Waals surface area contributed by atoms with Gasteiger partial charge < -0.3 is 10.2 Å². The molecule has 4 heteroatoms. The van der Waals surface area contributed by atoms with Gasteiger partial charge in [0.25, 0.3) is 0 Å². The Balaban J connectivity index is 2.42. The first kappa shape index (κ1) is 11.0. The summed E-state index contributed by atoms with van der Waals surface area (Å²) in [5.41, 5.74) is 0. The molecule has 0 radical (unpaired) electrons. The van der Waals surface area contributed by atoms with Gasteiger partial charge in [-0.2, -0.15) is 0 Å². The molecular formula is C10H16N2OS. The molecule has 1 aromatic rings. The molecule has 1 N–H and O–H groups in total. The number of nitrogens with zero attached hydrogens (tertiary/aromatic N) is 1. The Labute approximate surface area is 88.7 Å². The van der Waals surface area contributed by atoms with Crippen molar-refractivity contribution in [2.75, 3.05) is 7.05 Å². The SMILES string of the molecule is CC(C)NC(=O)N(C)Cc1cccs1. The van der Waals surface area contributed by atoms with Crippen LogP contribution in [0, 0.1) is 0 Å². The first-order chi connectivity index (χ1) is 6.59. The second kappa shape index (κ2) is 5.00. The number of rotatable bonds is 3. The number of carbonyl (C=O) groups excluding carboxylic acids is 1. The lowest BCUT2D eigenvalue weighted by molar-refractivity contribution is 0.204. The lowest BCUT2D eigenvalue weighted by atomic mass is 10.4. The smallest absolute Gasteiger partial charge is 0.317 e. The molecular weight excluding hydrogens is 196 g/mol. The lowest BCUT2D eigenvalue weighted by Gasteiger charge is -2.18. The van der Waals surface area contributed by atoms with Crippen molar-refractivity contribution in [3.05, 3.63) is 22.4 Å². The normalized spacial score (nSPS) is 10.3. The number of thiophene rings is 1. The molecule has 0 fully saturated rings. The minimum Gasteiger partial charge on any atom is -0.336 e. The summed E-state index contributed by atoms with van der Waals surface area (Å²) in [5.74, 6) is 0. The molecule has 0 aliphatic heterocycles. The number of urea groups is 1. The van der Waals surface area contributed by atoms with E-state index in [0.717, 1.165) is 0 Å². The summed E-state index contributed by atoms with van der Waals surface area (Å²) in [6.07, 6.45) is 0. The third kappa shape index (κ3) is 3.38. The fourth-order valence-corrected chi connectivity index (χ4v) is 1.82. The molecule has 2 amide bonds. The second-order valence-corrected chi connectivity index (χ2v) is 4.57. The molecule has 78 valence electrons. The Morgan fingerprint density at radius 3 is 2.86 bits per heavy atom. The van der Waals surface area contributed by atoms with Gasteiger partial charge in [-0.3, -0.25) is 0 Å². The largest absolute Gasteiger partial charge is 0.336 e. The Hall–Kier alpha value is -1.03. The van der Waals surface area contributed by atoms with Crippen molar-refractivity contribution in [3.8, 4) is 0 Å². The predicted octanol–water partition coefficient (Wildman–Crippen LogP) is 2.30. The van der Waals surface area contributed by atoms with Crippen molar-refractivity contribution in [1.82, 2.24) is 10.2 Å². The van der Waals surface area contributed by atoms with E-state index >= 15 is 0 Å². The highest BCUT2D eigenvalue weighted by Crippen LogP contribution is 2.10. The van der Waals surface area contributed by atoms with E-state index in [2.05, 4.69) is 5.32 Å². The topological polar surface area (TPSA) is 32.3 Å². The number of hydrogen-bond donors (Lipinski definition) is 1. The van der Waals surface area contributed by atoms with Crippen LogP contribution in [0.25, 0.3) is 0 Å². The van der Waals surface area contributed by atoms with Crippen LogP contribution >= 0.6 is 11.3 Å². The molecule has 0 atom stereocenters. The van der Waals surface area contributed by atoms with E-state index in [9.17, 15) is 4.79 Å². The van der Waals surface area contributed by atoms with Crippen molar-refractivity contribution >= 4 is 17.4 Å². The maximum absolute atomic E-state index is 11.5. The molecule has 1 aromatic heterocycles. The fourth-order valence-electron chi connectivity index (χ4n) is 1.07. The summed E-state index contributed by atoms with van der Waals surface area (Å²) in [6.45, 7) is 4.59. The van der Waals surface area contributed by atoms with Crippen LogP contribution in [0.1, 0.15) is 18.7 Å². The Morgan fingerprint density at radius 1 is 1.64 bits per heavy atom. The van der Waals surface area contributed by atoms with Crippen molar-refractivity contribution in [2.24, 2.45) is 0 Å². The van der Waals surface area contributed by atoms with E-state index in [-0.39, 0.29) is 12.1 Å². The molecule has 1 heterocycles. The molecule has 0 aromatic carbocycles. The van der Waals surface area contributed by atoms with Crippen LogP contribution in [0.5, 0.6) is 0 Å². The van der Waals surface area contributed by atoms with Gasteiger partial charge in [-0.1, -0.05) is 6.07 Å². The molecule has 0 unspecified atom stereocenters. The summed E-state index contributed by atoms with van der Waals surface area (Å²) < 4.78 is 0. The Bertz CT molecular complexity index is 282. The number of hydrogen-bond acceptors (Lipinski definition) is 2. The fraction of sp³-hybridized carbons (Fsp3) is 0.500. The standard InChI is InChI=1S/C10H16N2OS/c1-8(2)11-10(13)12(3)7-9-5-4-6-14-9/h4-6,8H,7H2,1-3H3,(H,11,13). The number of nitrogens with one attached hydrogen (secondary N) is 1. The lowest BCUT2D eigenvalue weighted by Crippen LogP contribution is -2.40. The maximum atomic E-state index is 11.5. The third-order valence-corrected chi connectivity index (χ3v) is 2.59. The molecule has 0 saturated heterocycles. The Morgan fingerprint density at radius 2 is 2.36 bits per heavy atom. The molecule has 3 nitrogen and oxygen atoms in total. The summed E-state index contributed by atoms with van der Waals surface area (Å²) in [6, 6.07) is 4.19. The van der Waals surface area contributed by atoms with Gasteiger partial charge in [-0.15, -0.1) is 11.3 Å². The summed E-state index contributed by atoms with van der Waals surface area (Å²) in [7, 11) is 1.80. The average Bonchev–Trinajstić information content (AvgIpc) is 2.55. The molecule has 0 bridgehead atoms. The number of carbonyl (C=O) groups is 1. The first-order valence-corrected chi connectivity index (χ1v) is 5.51. The zero-order chi connectivity index (χ0) is 10.6. The van der Waals surface area contributed by atoms with Crippen LogP contribution < -0.4 is 5.32 Å². The van der Waals surface area contributed by atoms with Gasteiger partial charge >= 0.3 is 6.03 Å². The first-order valence-electron chi connectivity index (χ1n) is 4.63. The van der Waals surface area contributed by atoms with Gasteiger partial charge in [-0.25, -0.2) is 4.79 Å². The van der Waals surface area contributed by atoms with Crippen molar-refractivity contribution in [2.45, 2.75) is 26.4 Å². The van der Waals surface area contributed by atoms with Crippen LogP contribution in [0.3, 0.4) is 0 Å². The molecule has 0 saturated carbocycles. The van der Waals surface area contributed by atoms with Crippen LogP contribution in [0.4, 0.5) is 4.79 Å². The molecule has 0 aliphatic carbocycles. The maximum Gasteiger partial charge on any atom is 0.317 e. The monoisotopic (exact) mass is 212 g/mol. The van der Waals surface area contributed by atoms with Gasteiger partial charge in [-0.05, 0) is 25.3 Å².